The highest BCUT2D eigenvalue weighted by Gasteiger charge is 2.30. The summed E-state index contributed by atoms with van der Waals surface area (Å²) in [6.07, 6.45) is 21.8. The Morgan fingerprint density at radius 2 is 1.32 bits per heavy atom. The van der Waals surface area contributed by atoms with Crippen molar-refractivity contribution in [1.82, 2.24) is 15.5 Å². The van der Waals surface area contributed by atoms with Gasteiger partial charge in [-0.3, -0.25) is 14.4 Å². The molecule has 254 valence electrons. The summed E-state index contributed by atoms with van der Waals surface area (Å²) in [7, 11) is 1.81. The van der Waals surface area contributed by atoms with Crippen LogP contribution in [-0.2, 0) is 19.1 Å². The number of hydrogen-bond donors (Lipinski definition) is 3. The number of carbonyl (C=O) groups excluding carboxylic acids is 2. The second-order valence-electron chi connectivity index (χ2n) is 12.4. The molecule has 3 N–H and O–H groups in total. The Kier molecular flexibility index (Phi) is 23.4. The molecule has 0 spiro atoms. The molecule has 0 amide bonds. The number of nitrogens with one attached hydrogen (secondary N) is 2. The molecular formula is C36H65N3O5. The van der Waals surface area contributed by atoms with Gasteiger partial charge in [-0.15, -0.1) is 0 Å². The van der Waals surface area contributed by atoms with Gasteiger partial charge < -0.3 is 25.4 Å². The van der Waals surface area contributed by atoms with Crippen molar-refractivity contribution in [3.05, 3.63) is 23.5 Å². The standard InChI is InChI=1S/C36H65N3O5/c1-5-7-8-9-12-17-23-31(6-2)44-33(42)25-19-14-11-16-21-28-39(27-20-15-10-13-18-24-32(40)41)29-22-26-38-35-34(37-4)30(3)36(35)43/h31,37-38H,3,5-29H2,1-2,4H3,(H,40,41). The quantitative estimate of drug-likeness (QED) is 0.0412. The summed E-state index contributed by atoms with van der Waals surface area (Å²) in [5, 5.41) is 15.1. The maximum atomic E-state index is 12.3. The highest BCUT2D eigenvalue weighted by molar-refractivity contribution is 6.18. The maximum absolute atomic E-state index is 12.3. The molecule has 1 rings (SSSR count). The van der Waals surface area contributed by atoms with Crippen LogP contribution in [0.4, 0.5) is 0 Å². The molecule has 0 aromatic carbocycles. The number of aliphatic carboxylic acids is 1. The van der Waals surface area contributed by atoms with Crippen LogP contribution in [0.1, 0.15) is 149 Å². The number of allylic oxidation sites excluding steroid dienone is 2. The predicted octanol–water partition coefficient (Wildman–Crippen LogP) is 7.68. The van der Waals surface area contributed by atoms with Crippen molar-refractivity contribution in [2.24, 2.45) is 0 Å². The Labute approximate surface area is 268 Å². The van der Waals surface area contributed by atoms with Crippen LogP contribution in [0, 0.1) is 0 Å². The number of nitrogens with zero attached hydrogens (tertiary/aromatic N) is 1. The Morgan fingerprint density at radius 3 is 1.91 bits per heavy atom. The van der Waals surface area contributed by atoms with Gasteiger partial charge in [-0.1, -0.05) is 91.1 Å². The zero-order chi connectivity index (χ0) is 32.4. The van der Waals surface area contributed by atoms with E-state index in [1.165, 1.54) is 32.1 Å². The van der Waals surface area contributed by atoms with Crippen molar-refractivity contribution in [2.75, 3.05) is 33.2 Å². The number of carboxylic acids is 1. The van der Waals surface area contributed by atoms with E-state index >= 15 is 0 Å². The Bertz CT molecular complexity index is 857. The van der Waals surface area contributed by atoms with E-state index in [-0.39, 0.29) is 24.3 Å². The zero-order valence-electron chi connectivity index (χ0n) is 28.5. The monoisotopic (exact) mass is 619 g/mol. The first-order valence-electron chi connectivity index (χ1n) is 17.9. The summed E-state index contributed by atoms with van der Waals surface area (Å²) in [6, 6.07) is 0. The van der Waals surface area contributed by atoms with E-state index in [2.05, 4.69) is 36.0 Å². The fraction of sp³-hybridized carbons (Fsp3) is 0.806. The van der Waals surface area contributed by atoms with Crippen LogP contribution in [0.5, 0.6) is 0 Å². The fourth-order valence-electron chi connectivity index (χ4n) is 5.78. The number of ether oxygens (including phenoxy) is 1. The third-order valence-corrected chi connectivity index (χ3v) is 8.61. The van der Waals surface area contributed by atoms with Gasteiger partial charge in [-0.2, -0.15) is 0 Å². The molecule has 0 saturated carbocycles. The first-order valence-corrected chi connectivity index (χ1v) is 17.9. The molecule has 0 aliphatic heterocycles. The number of Topliss-reactive ketones (excluding diaryl/α,β-unsaturated/α-hetero) is 1. The van der Waals surface area contributed by atoms with Crippen molar-refractivity contribution in [2.45, 2.75) is 155 Å². The van der Waals surface area contributed by atoms with Crippen molar-refractivity contribution in [3.63, 3.8) is 0 Å². The van der Waals surface area contributed by atoms with Gasteiger partial charge in [-0.05, 0) is 71.0 Å². The van der Waals surface area contributed by atoms with E-state index in [9.17, 15) is 14.4 Å². The molecule has 0 radical (unpaired) electrons. The molecule has 0 aromatic heterocycles. The fourth-order valence-corrected chi connectivity index (χ4v) is 5.78. The van der Waals surface area contributed by atoms with Gasteiger partial charge in [0.1, 0.15) is 11.8 Å². The molecule has 0 saturated heterocycles. The summed E-state index contributed by atoms with van der Waals surface area (Å²) < 4.78 is 5.75. The van der Waals surface area contributed by atoms with E-state index in [1.54, 1.807) is 0 Å². The van der Waals surface area contributed by atoms with Crippen LogP contribution in [-0.4, -0.2) is 67.1 Å². The molecule has 1 aliphatic rings. The molecule has 0 fully saturated rings. The smallest absolute Gasteiger partial charge is 0.306 e. The molecule has 8 nitrogen and oxygen atoms in total. The van der Waals surface area contributed by atoms with Gasteiger partial charge in [-0.25, -0.2) is 0 Å². The number of carboxylic acid groups (broad SMARTS) is 1. The van der Waals surface area contributed by atoms with Crippen molar-refractivity contribution in [1.29, 1.82) is 0 Å². The molecule has 1 atom stereocenters. The highest BCUT2D eigenvalue weighted by atomic mass is 16.5. The maximum Gasteiger partial charge on any atom is 0.306 e. The molecule has 0 heterocycles. The number of hydrogen-bond acceptors (Lipinski definition) is 7. The lowest BCUT2D eigenvalue weighted by atomic mass is 9.93. The van der Waals surface area contributed by atoms with E-state index < -0.39 is 5.97 Å². The third kappa shape index (κ3) is 18.5. The Balaban J connectivity index is 2.26. The van der Waals surface area contributed by atoms with Gasteiger partial charge >= 0.3 is 11.9 Å². The first kappa shape index (κ1) is 39.7. The summed E-state index contributed by atoms with van der Waals surface area (Å²) >= 11 is 0. The lowest BCUT2D eigenvalue weighted by Crippen LogP contribution is -2.38. The van der Waals surface area contributed by atoms with E-state index in [0.717, 1.165) is 122 Å². The van der Waals surface area contributed by atoms with E-state index in [1.807, 2.05) is 7.05 Å². The minimum absolute atomic E-state index is 0.000661. The second kappa shape index (κ2) is 25.9. The second-order valence-corrected chi connectivity index (χ2v) is 12.4. The van der Waals surface area contributed by atoms with E-state index in [0.29, 0.717) is 17.7 Å². The lowest BCUT2D eigenvalue weighted by Gasteiger charge is -2.26. The minimum atomic E-state index is -0.709. The van der Waals surface area contributed by atoms with Crippen LogP contribution in [0.2, 0.25) is 0 Å². The molecule has 1 unspecified atom stereocenters. The average molecular weight is 620 g/mol. The Morgan fingerprint density at radius 1 is 0.773 bits per heavy atom. The first-order chi connectivity index (χ1) is 21.3. The number of esters is 1. The van der Waals surface area contributed by atoms with Crippen LogP contribution in [0.25, 0.3) is 0 Å². The number of likely N-dealkylation sites (N-methyl/N-ethyl adjacent to an activating group) is 1. The Hall–Kier alpha value is -2.35. The predicted molar refractivity (Wildman–Crippen MR) is 180 cm³/mol. The summed E-state index contributed by atoms with van der Waals surface area (Å²) in [5.41, 5.74) is 2.02. The summed E-state index contributed by atoms with van der Waals surface area (Å²) in [5.74, 6) is -0.740. The van der Waals surface area contributed by atoms with Gasteiger partial charge in [0.2, 0.25) is 5.78 Å². The minimum Gasteiger partial charge on any atom is -0.481 e. The molecule has 0 aromatic rings. The van der Waals surface area contributed by atoms with Crippen molar-refractivity contribution in [3.8, 4) is 0 Å². The van der Waals surface area contributed by atoms with Gasteiger partial charge in [0.05, 0.1) is 5.70 Å². The molecular weight excluding hydrogens is 554 g/mol. The summed E-state index contributed by atoms with van der Waals surface area (Å²) in [4.78, 5) is 37.6. The van der Waals surface area contributed by atoms with Crippen molar-refractivity contribution >= 4 is 17.7 Å². The summed E-state index contributed by atoms with van der Waals surface area (Å²) in [6.45, 7) is 12.0. The highest BCUT2D eigenvalue weighted by Crippen LogP contribution is 2.24. The topological polar surface area (TPSA) is 108 Å². The molecule has 8 heteroatoms. The average Bonchev–Trinajstić information content (AvgIpc) is 3.01. The van der Waals surface area contributed by atoms with Crippen LogP contribution in [0.15, 0.2) is 23.5 Å². The van der Waals surface area contributed by atoms with Crippen LogP contribution < -0.4 is 10.6 Å². The third-order valence-electron chi connectivity index (χ3n) is 8.61. The van der Waals surface area contributed by atoms with Gasteiger partial charge in [0.25, 0.3) is 0 Å². The number of carbonyl (C=O) groups is 3. The normalized spacial score (nSPS) is 13.7. The van der Waals surface area contributed by atoms with Gasteiger partial charge in [0, 0.05) is 32.0 Å². The van der Waals surface area contributed by atoms with Crippen LogP contribution >= 0.6 is 0 Å². The zero-order valence-corrected chi connectivity index (χ0v) is 28.5. The SMILES string of the molecule is C=C1C(=O)C(NCCCN(CCCCCCCC(=O)O)CCCCCCCC(=O)OC(CC)CCCCCCCC)=C1NC. The van der Waals surface area contributed by atoms with E-state index in [4.69, 9.17) is 9.84 Å². The lowest BCUT2D eigenvalue weighted by molar-refractivity contribution is -0.149. The van der Waals surface area contributed by atoms with Gasteiger partial charge in [0.15, 0.2) is 0 Å². The molecule has 1 aliphatic carbocycles. The van der Waals surface area contributed by atoms with Crippen LogP contribution in [0.3, 0.4) is 0 Å². The number of ketones is 1. The largest absolute Gasteiger partial charge is 0.481 e. The number of unbranched alkanes of at least 4 members (excludes halogenated alkanes) is 13. The molecule has 44 heavy (non-hydrogen) atoms. The molecule has 0 bridgehead atoms. The van der Waals surface area contributed by atoms with Crippen molar-refractivity contribution < 1.29 is 24.2 Å². The number of rotatable bonds is 31.